The van der Waals surface area contributed by atoms with E-state index in [-0.39, 0.29) is 38.5 Å². The van der Waals surface area contributed by atoms with Crippen LogP contribution in [0.4, 0.5) is 17.6 Å². The molecule has 0 spiro atoms. The van der Waals surface area contributed by atoms with Crippen LogP contribution in [0.25, 0.3) is 5.69 Å². The molecule has 0 fully saturated rings. The molecule has 5 nitrogen and oxygen atoms in total. The van der Waals surface area contributed by atoms with E-state index in [0.29, 0.717) is 0 Å². The maximum absolute atomic E-state index is 14.2. The highest BCUT2D eigenvalue weighted by Crippen LogP contribution is 2.30. The Bertz CT molecular complexity index is 922. The van der Waals surface area contributed by atoms with Crippen molar-refractivity contribution in [2.24, 2.45) is 7.05 Å². The Labute approximate surface area is 148 Å². The van der Waals surface area contributed by atoms with Crippen LogP contribution in [0, 0.1) is 5.82 Å². The number of alkyl halides is 4. The van der Waals surface area contributed by atoms with Crippen molar-refractivity contribution in [2.75, 3.05) is 12.5 Å². The Hall–Kier alpha value is -2.00. The fraction of sp³-hybridized carbons (Fsp3) is 0.286. The Morgan fingerprint density at radius 3 is 2.40 bits per heavy atom. The van der Waals surface area contributed by atoms with Crippen LogP contribution >= 0.6 is 23.2 Å². The lowest BCUT2D eigenvalue weighted by atomic mass is 10.2. The lowest BCUT2D eigenvalue weighted by Gasteiger charge is -2.15. The highest BCUT2D eigenvalue weighted by atomic mass is 35.5. The summed E-state index contributed by atoms with van der Waals surface area (Å²) in [4.78, 5) is 24.2. The molecular formula is C14H10Cl2F4N2O3. The summed E-state index contributed by atoms with van der Waals surface area (Å²) in [6.45, 7) is 0.00622. The summed E-state index contributed by atoms with van der Waals surface area (Å²) in [7, 11) is 0.819. The Kier molecular flexibility index (Phi) is 5.48. The van der Waals surface area contributed by atoms with Crippen LogP contribution in [0.5, 0.6) is 5.75 Å². The molecular weight excluding hydrogens is 391 g/mol. The van der Waals surface area contributed by atoms with Crippen molar-refractivity contribution >= 4 is 23.2 Å². The van der Waals surface area contributed by atoms with Crippen molar-refractivity contribution in [3.8, 4) is 11.4 Å². The van der Waals surface area contributed by atoms with Crippen LogP contribution in [-0.2, 0) is 13.2 Å². The number of ether oxygens (including phenoxy) is 1. The molecule has 0 saturated heterocycles. The molecule has 136 valence electrons. The van der Waals surface area contributed by atoms with Gasteiger partial charge in [0.1, 0.15) is 23.9 Å². The van der Waals surface area contributed by atoms with E-state index in [0.717, 1.165) is 19.2 Å². The fourth-order valence-corrected chi connectivity index (χ4v) is 2.35. The molecule has 0 unspecified atom stereocenters. The normalized spacial score (nSPS) is 11.6. The van der Waals surface area contributed by atoms with Gasteiger partial charge in [-0.2, -0.15) is 13.2 Å². The molecule has 0 saturated carbocycles. The van der Waals surface area contributed by atoms with Gasteiger partial charge in [0, 0.05) is 19.2 Å². The number of aromatic nitrogens is 2. The smallest absolute Gasteiger partial charge is 0.431 e. The molecule has 0 radical (unpaired) electrons. The van der Waals surface area contributed by atoms with E-state index in [4.69, 9.17) is 27.9 Å². The van der Waals surface area contributed by atoms with Gasteiger partial charge >= 0.3 is 11.9 Å². The van der Waals surface area contributed by atoms with Crippen molar-refractivity contribution in [2.45, 2.75) is 6.18 Å². The number of nitrogens with zero attached hydrogens (tertiary/aromatic N) is 2. The van der Waals surface area contributed by atoms with E-state index in [9.17, 15) is 27.2 Å². The molecule has 0 atom stereocenters. The van der Waals surface area contributed by atoms with Crippen molar-refractivity contribution in [3.63, 3.8) is 0 Å². The van der Waals surface area contributed by atoms with E-state index in [2.05, 4.69) is 0 Å². The van der Waals surface area contributed by atoms with Crippen LogP contribution in [0.1, 0.15) is 5.69 Å². The van der Waals surface area contributed by atoms with Gasteiger partial charge in [-0.3, -0.25) is 9.36 Å². The molecule has 0 aliphatic carbocycles. The fourth-order valence-electron chi connectivity index (χ4n) is 2.07. The number of benzene rings is 1. The number of halogens is 6. The van der Waals surface area contributed by atoms with Crippen LogP contribution in [0.2, 0.25) is 5.02 Å². The third-order valence-corrected chi connectivity index (χ3v) is 3.64. The molecule has 0 N–H and O–H groups in total. The van der Waals surface area contributed by atoms with Gasteiger partial charge in [-0.1, -0.05) is 11.6 Å². The van der Waals surface area contributed by atoms with E-state index < -0.39 is 34.6 Å². The summed E-state index contributed by atoms with van der Waals surface area (Å²) in [6, 6.07) is 1.93. The minimum atomic E-state index is -4.92. The average molecular weight is 401 g/mol. The predicted molar refractivity (Wildman–Crippen MR) is 83.5 cm³/mol. The van der Waals surface area contributed by atoms with Gasteiger partial charge in [-0.15, -0.1) is 11.6 Å². The van der Waals surface area contributed by atoms with Crippen molar-refractivity contribution in [1.29, 1.82) is 0 Å². The first-order chi connectivity index (χ1) is 11.6. The van der Waals surface area contributed by atoms with Crippen molar-refractivity contribution < 1.29 is 22.3 Å². The molecule has 1 aromatic carbocycles. The molecule has 2 aromatic rings. The maximum Gasteiger partial charge on any atom is 0.431 e. The molecule has 0 amide bonds. The second kappa shape index (κ2) is 7.09. The second-order valence-electron chi connectivity index (χ2n) is 4.81. The molecule has 1 aromatic heterocycles. The number of rotatable bonds is 4. The van der Waals surface area contributed by atoms with Crippen LogP contribution in [-0.4, -0.2) is 21.6 Å². The van der Waals surface area contributed by atoms with Crippen LogP contribution < -0.4 is 16.0 Å². The van der Waals surface area contributed by atoms with Gasteiger partial charge in [-0.25, -0.2) is 13.8 Å². The number of hydrogen-bond acceptors (Lipinski definition) is 3. The second-order valence-corrected chi connectivity index (χ2v) is 5.60. The van der Waals surface area contributed by atoms with Gasteiger partial charge in [0.15, 0.2) is 0 Å². The van der Waals surface area contributed by atoms with E-state index in [1.165, 1.54) is 0 Å². The zero-order chi connectivity index (χ0) is 18.9. The lowest BCUT2D eigenvalue weighted by molar-refractivity contribution is -0.144. The van der Waals surface area contributed by atoms with E-state index in [1.54, 1.807) is 0 Å². The molecule has 0 aliphatic rings. The van der Waals surface area contributed by atoms with Crippen molar-refractivity contribution in [3.05, 3.63) is 55.6 Å². The van der Waals surface area contributed by atoms with E-state index in [1.807, 2.05) is 0 Å². The average Bonchev–Trinajstić information content (AvgIpc) is 2.50. The highest BCUT2D eigenvalue weighted by molar-refractivity contribution is 6.32. The zero-order valence-electron chi connectivity index (χ0n) is 12.5. The molecule has 0 bridgehead atoms. The third-order valence-electron chi connectivity index (χ3n) is 3.19. The first-order valence-electron chi connectivity index (χ1n) is 6.66. The molecule has 0 aliphatic heterocycles. The first-order valence-corrected chi connectivity index (χ1v) is 7.57. The molecule has 1 heterocycles. The largest absolute Gasteiger partial charge is 0.491 e. The first kappa shape index (κ1) is 19.3. The minimum Gasteiger partial charge on any atom is -0.491 e. The van der Waals surface area contributed by atoms with Crippen molar-refractivity contribution in [1.82, 2.24) is 9.13 Å². The SMILES string of the molecule is Cn1c(C(F)(F)F)cc(=O)n(-c2cc(OCCCl)c(Cl)cc2F)c1=O. The summed E-state index contributed by atoms with van der Waals surface area (Å²) in [5, 5.41) is -0.150. The van der Waals surface area contributed by atoms with Crippen LogP contribution in [0.15, 0.2) is 27.8 Å². The van der Waals surface area contributed by atoms with Gasteiger partial charge < -0.3 is 4.74 Å². The van der Waals surface area contributed by atoms with Gasteiger partial charge in [0.25, 0.3) is 5.56 Å². The standard InChI is InChI=1S/C14H10Cl2F4N2O3/c1-21-11(14(18,19)20)6-12(23)22(13(21)24)9-5-10(25-3-2-15)7(16)4-8(9)17/h4-6H,2-3H2,1H3. The summed E-state index contributed by atoms with van der Waals surface area (Å²) in [6.07, 6.45) is -4.92. The van der Waals surface area contributed by atoms with Crippen LogP contribution in [0.3, 0.4) is 0 Å². The topological polar surface area (TPSA) is 53.2 Å². The van der Waals surface area contributed by atoms with Gasteiger partial charge in [0.05, 0.1) is 16.6 Å². The monoisotopic (exact) mass is 400 g/mol. The number of hydrogen-bond donors (Lipinski definition) is 0. The molecule has 11 heteroatoms. The Morgan fingerprint density at radius 2 is 1.84 bits per heavy atom. The quantitative estimate of drug-likeness (QED) is 0.585. The third kappa shape index (κ3) is 3.82. The minimum absolute atomic E-state index is 0.00622. The summed E-state index contributed by atoms with van der Waals surface area (Å²) in [5.41, 5.74) is -4.76. The molecule has 2 rings (SSSR count). The van der Waals surface area contributed by atoms with Gasteiger partial charge in [0.2, 0.25) is 0 Å². The van der Waals surface area contributed by atoms with E-state index >= 15 is 0 Å². The summed E-state index contributed by atoms with van der Waals surface area (Å²) in [5.74, 6) is -1.07. The summed E-state index contributed by atoms with van der Waals surface area (Å²) >= 11 is 11.3. The zero-order valence-corrected chi connectivity index (χ0v) is 14.0. The molecule has 25 heavy (non-hydrogen) atoms. The maximum atomic E-state index is 14.2. The highest BCUT2D eigenvalue weighted by Gasteiger charge is 2.35. The summed E-state index contributed by atoms with van der Waals surface area (Å²) < 4.78 is 58.3. The Balaban J connectivity index is 2.73. The Morgan fingerprint density at radius 1 is 1.20 bits per heavy atom. The van der Waals surface area contributed by atoms with Gasteiger partial charge in [-0.05, 0) is 6.07 Å². The lowest BCUT2D eigenvalue weighted by Crippen LogP contribution is -2.41. The predicted octanol–water partition coefficient (Wildman–Crippen LogP) is 2.97.